The first kappa shape index (κ1) is 26.3. The third-order valence-electron chi connectivity index (χ3n) is 6.16. The molecular weight excluding hydrogens is 484 g/mol. The van der Waals surface area contributed by atoms with Gasteiger partial charge in [0.15, 0.2) is 5.60 Å². The summed E-state index contributed by atoms with van der Waals surface area (Å²) in [5, 5.41) is 2.33. The van der Waals surface area contributed by atoms with Crippen LogP contribution in [0.4, 0.5) is 32.0 Å². The van der Waals surface area contributed by atoms with Gasteiger partial charge in [0.2, 0.25) is 0 Å². The van der Waals surface area contributed by atoms with Crippen LogP contribution in [0.2, 0.25) is 0 Å². The Morgan fingerprint density at radius 2 is 1.91 bits per heavy atom. The Morgan fingerprint density at radius 1 is 1.26 bits per heavy atom. The van der Waals surface area contributed by atoms with Crippen LogP contribution in [0, 0.1) is 11.7 Å². The minimum absolute atomic E-state index is 0.0197. The van der Waals surface area contributed by atoms with Crippen LogP contribution in [0.1, 0.15) is 47.8 Å². The fourth-order valence-electron chi connectivity index (χ4n) is 4.17. The second-order valence-electron chi connectivity index (χ2n) is 8.13. The highest BCUT2D eigenvalue weighted by atomic mass is 19.4. The minimum Gasteiger partial charge on any atom is -0.496 e. The summed E-state index contributed by atoms with van der Waals surface area (Å²) in [6.07, 6.45) is -9.00. The van der Waals surface area contributed by atoms with Gasteiger partial charge < -0.3 is 20.5 Å². The number of methoxy groups -OCH3 is 1. The third-order valence-corrected chi connectivity index (χ3v) is 6.16. The number of ether oxygens (including phenoxy) is 2. The van der Waals surface area contributed by atoms with E-state index in [4.69, 9.17) is 15.2 Å². The van der Waals surface area contributed by atoms with Gasteiger partial charge in [-0.05, 0) is 25.1 Å². The van der Waals surface area contributed by atoms with E-state index in [0.29, 0.717) is 6.07 Å². The zero-order valence-electron chi connectivity index (χ0n) is 18.6. The molecule has 0 unspecified atom stereocenters. The van der Waals surface area contributed by atoms with Gasteiger partial charge in [0.25, 0.3) is 18.2 Å². The van der Waals surface area contributed by atoms with Crippen molar-refractivity contribution in [3.8, 4) is 5.75 Å². The lowest BCUT2D eigenvalue weighted by molar-refractivity contribution is -0.272. The predicted octanol–water partition coefficient (Wildman–Crippen LogP) is 4.34. The molecule has 4 atom stereocenters. The van der Waals surface area contributed by atoms with Gasteiger partial charge in [-0.25, -0.2) is 13.2 Å². The Bertz CT molecular complexity index is 1140. The maximum Gasteiger partial charge on any atom is 0.417 e. The highest BCUT2D eigenvalue weighted by Crippen LogP contribution is 2.55. The van der Waals surface area contributed by atoms with Crippen molar-refractivity contribution in [3.63, 3.8) is 0 Å². The number of carbonyl (C=O) groups excluding carboxylic acids is 2. The fraction of sp³-hybridized carbons (Fsp3) is 0.409. The molecule has 3 rings (SSSR count). The van der Waals surface area contributed by atoms with E-state index in [1.165, 1.54) is 6.07 Å². The van der Waals surface area contributed by atoms with E-state index in [1.54, 1.807) is 0 Å². The Balaban J connectivity index is 2.12. The summed E-state index contributed by atoms with van der Waals surface area (Å²) in [5.74, 6) is -6.92. The molecular formula is C22H21F6N3O4. The second-order valence-corrected chi connectivity index (χ2v) is 8.13. The number of benzene rings is 1. The van der Waals surface area contributed by atoms with E-state index in [2.05, 4.69) is 10.3 Å². The van der Waals surface area contributed by atoms with E-state index < -0.39 is 65.1 Å². The average molecular weight is 505 g/mol. The number of hydrogen-bond acceptors (Lipinski definition) is 5. The molecule has 3 N–H and O–H groups in total. The smallest absolute Gasteiger partial charge is 0.417 e. The molecule has 0 spiro atoms. The molecule has 1 fully saturated rings. The molecule has 2 aromatic rings. The molecule has 35 heavy (non-hydrogen) atoms. The minimum atomic E-state index is -4.95. The van der Waals surface area contributed by atoms with E-state index >= 15 is 0 Å². The molecule has 0 bridgehead atoms. The Morgan fingerprint density at radius 3 is 2.46 bits per heavy atom. The average Bonchev–Trinajstić information content (AvgIpc) is 3.05. The van der Waals surface area contributed by atoms with Crippen molar-refractivity contribution in [1.82, 2.24) is 4.98 Å². The molecule has 0 radical (unpaired) electrons. The van der Waals surface area contributed by atoms with E-state index in [9.17, 15) is 35.9 Å². The van der Waals surface area contributed by atoms with Crippen LogP contribution in [0.3, 0.4) is 0 Å². The second kappa shape index (κ2) is 9.36. The van der Waals surface area contributed by atoms with Crippen molar-refractivity contribution in [3.05, 3.63) is 53.1 Å². The van der Waals surface area contributed by atoms with Crippen LogP contribution in [0.5, 0.6) is 5.75 Å². The first-order chi connectivity index (χ1) is 16.2. The van der Waals surface area contributed by atoms with Crippen molar-refractivity contribution in [2.24, 2.45) is 11.7 Å². The lowest BCUT2D eigenvalue weighted by Crippen LogP contribution is -2.47. The number of carbonyl (C=O) groups is 2. The molecule has 2 amide bonds. The lowest BCUT2D eigenvalue weighted by atomic mass is 9.76. The van der Waals surface area contributed by atoms with Gasteiger partial charge in [0.1, 0.15) is 23.4 Å². The predicted molar refractivity (Wildman–Crippen MR) is 111 cm³/mol. The number of aromatic nitrogens is 1. The summed E-state index contributed by atoms with van der Waals surface area (Å²) in [5.41, 5.74) is 0.654. The molecule has 1 aliphatic rings. The van der Waals surface area contributed by atoms with Gasteiger partial charge in [0, 0.05) is 29.3 Å². The number of anilines is 1. The van der Waals surface area contributed by atoms with Crippen LogP contribution in [0.25, 0.3) is 0 Å². The van der Waals surface area contributed by atoms with E-state index in [-0.39, 0.29) is 16.9 Å². The van der Waals surface area contributed by atoms with Gasteiger partial charge in [-0.15, -0.1) is 0 Å². The van der Waals surface area contributed by atoms with Crippen molar-refractivity contribution in [2.75, 3.05) is 12.4 Å². The fourth-order valence-corrected chi connectivity index (χ4v) is 4.17. The van der Waals surface area contributed by atoms with Crippen LogP contribution in [0.15, 0.2) is 30.5 Å². The van der Waals surface area contributed by atoms with Crippen LogP contribution < -0.4 is 15.8 Å². The van der Waals surface area contributed by atoms with Crippen molar-refractivity contribution < 1.29 is 45.4 Å². The number of rotatable bonds is 6. The molecule has 1 aromatic heterocycles. The van der Waals surface area contributed by atoms with E-state index in [0.717, 1.165) is 39.3 Å². The number of nitrogens with zero attached hydrogens (tertiary/aromatic N) is 1. The first-order valence-electron chi connectivity index (χ1n) is 10.2. The quantitative estimate of drug-likeness (QED) is 0.569. The normalized spacial score (nSPS) is 24.5. The SMILES string of the molecule is COc1c([C@H]2[C@@H](C(=O)Nc3ccnc(C(N)=O)c3)O[C@@](C)(C(F)(F)F)[C@@H]2C)ccc(F)c1C(F)F. The Hall–Kier alpha value is -3.35. The summed E-state index contributed by atoms with van der Waals surface area (Å²) in [7, 11) is 0.963. The molecule has 1 saturated heterocycles. The van der Waals surface area contributed by atoms with E-state index in [1.807, 2.05) is 0 Å². The summed E-state index contributed by atoms with van der Waals surface area (Å²) < 4.78 is 93.6. The van der Waals surface area contributed by atoms with Crippen molar-refractivity contribution in [1.29, 1.82) is 0 Å². The van der Waals surface area contributed by atoms with Crippen molar-refractivity contribution >= 4 is 17.5 Å². The largest absolute Gasteiger partial charge is 0.496 e. The molecule has 1 aliphatic heterocycles. The summed E-state index contributed by atoms with van der Waals surface area (Å²) in [6, 6.07) is 4.02. The molecule has 0 aliphatic carbocycles. The van der Waals surface area contributed by atoms with Gasteiger partial charge in [0.05, 0.1) is 12.7 Å². The monoisotopic (exact) mass is 505 g/mol. The third kappa shape index (κ3) is 4.64. The van der Waals surface area contributed by atoms with Gasteiger partial charge in [-0.2, -0.15) is 13.2 Å². The van der Waals surface area contributed by atoms with Gasteiger partial charge >= 0.3 is 6.18 Å². The topological polar surface area (TPSA) is 104 Å². The molecule has 0 saturated carbocycles. The number of nitrogens with two attached hydrogens (primary N) is 1. The molecule has 2 heterocycles. The van der Waals surface area contributed by atoms with Crippen LogP contribution >= 0.6 is 0 Å². The number of pyridine rings is 1. The van der Waals surface area contributed by atoms with Gasteiger partial charge in [-0.3, -0.25) is 14.6 Å². The zero-order valence-corrected chi connectivity index (χ0v) is 18.6. The zero-order chi connectivity index (χ0) is 26.3. The Labute approximate surface area is 195 Å². The van der Waals surface area contributed by atoms with Crippen molar-refractivity contribution in [2.45, 2.75) is 44.1 Å². The first-order valence-corrected chi connectivity index (χ1v) is 10.2. The standard InChI is InChI=1S/C22H21F6N3O4/c1-9-14(11-4-5-12(23)15(18(24)25)16(11)34-3)17(35-21(9,2)22(26,27)28)20(33)31-10-6-7-30-13(8-10)19(29)32/h4-9,14,17-18H,1-3H3,(H2,29,32)(H,30,31,33)/t9-,14+,17+,21-/m1/s1. The molecule has 1 aromatic carbocycles. The Kier molecular flexibility index (Phi) is 7.02. The number of halogens is 6. The highest BCUT2D eigenvalue weighted by Gasteiger charge is 2.66. The summed E-state index contributed by atoms with van der Waals surface area (Å²) in [6.45, 7) is 1.88. The molecule has 190 valence electrons. The maximum atomic E-state index is 14.1. The number of nitrogens with one attached hydrogen (secondary N) is 1. The molecule has 13 heteroatoms. The number of hydrogen-bond donors (Lipinski definition) is 2. The molecule has 7 nitrogen and oxygen atoms in total. The summed E-state index contributed by atoms with van der Waals surface area (Å²) in [4.78, 5) is 28.2. The van der Waals surface area contributed by atoms with Crippen LogP contribution in [-0.2, 0) is 9.53 Å². The van der Waals surface area contributed by atoms with Gasteiger partial charge in [-0.1, -0.05) is 13.0 Å². The summed E-state index contributed by atoms with van der Waals surface area (Å²) >= 11 is 0. The maximum absolute atomic E-state index is 14.1. The number of alkyl halides is 5. The lowest BCUT2D eigenvalue weighted by Gasteiger charge is -2.32. The highest BCUT2D eigenvalue weighted by molar-refractivity contribution is 5.97. The number of amides is 2. The van der Waals surface area contributed by atoms with Crippen LogP contribution in [-0.4, -0.2) is 41.8 Å². The number of primary amides is 1.